The van der Waals surface area contributed by atoms with Crippen molar-refractivity contribution in [3.05, 3.63) is 217 Å². The SMILES string of the molecule is C1=Cc2ccccc2C(n2c3ccccc3c3cc(-c4ccc(N(c5ccc(-c6cccc7c6sc6ccccc67)cc5)c5ccc6ccccc6c5)cc4)ccc32)C1. The van der Waals surface area contributed by atoms with E-state index in [9.17, 15) is 0 Å². The van der Waals surface area contributed by atoms with Gasteiger partial charge in [-0.05, 0) is 111 Å². The molecule has 3 heteroatoms. The molecule has 278 valence electrons. The van der Waals surface area contributed by atoms with Gasteiger partial charge in [0.2, 0.25) is 0 Å². The van der Waals surface area contributed by atoms with Gasteiger partial charge >= 0.3 is 0 Å². The molecule has 0 N–H and O–H groups in total. The minimum Gasteiger partial charge on any atom is -0.332 e. The van der Waals surface area contributed by atoms with E-state index in [1.54, 1.807) is 0 Å². The highest BCUT2D eigenvalue weighted by atomic mass is 32.1. The molecule has 0 saturated carbocycles. The number of thiophene rings is 1. The third-order valence-corrected chi connectivity index (χ3v) is 13.5. The average molecular weight is 771 g/mol. The predicted octanol–water partition coefficient (Wildman–Crippen LogP) is 16.1. The fraction of sp³-hybridized carbons (Fsp3) is 0.0357. The van der Waals surface area contributed by atoms with Crippen LogP contribution in [0, 0.1) is 0 Å². The summed E-state index contributed by atoms with van der Waals surface area (Å²) in [6.07, 6.45) is 5.57. The molecule has 1 unspecified atom stereocenters. The second kappa shape index (κ2) is 13.7. The van der Waals surface area contributed by atoms with E-state index in [-0.39, 0.29) is 6.04 Å². The number of anilines is 3. The van der Waals surface area contributed by atoms with E-state index in [0.29, 0.717) is 0 Å². The maximum Gasteiger partial charge on any atom is 0.0632 e. The lowest BCUT2D eigenvalue weighted by atomic mass is 9.92. The number of hydrogen-bond acceptors (Lipinski definition) is 2. The van der Waals surface area contributed by atoms with Crippen LogP contribution in [0.25, 0.3) is 81.1 Å². The molecule has 0 spiro atoms. The lowest BCUT2D eigenvalue weighted by Crippen LogP contribution is -2.13. The highest BCUT2D eigenvalue weighted by Crippen LogP contribution is 2.44. The van der Waals surface area contributed by atoms with Gasteiger partial charge in [0.15, 0.2) is 0 Å². The molecule has 0 bridgehead atoms. The second-order valence-corrected chi connectivity index (χ2v) is 16.7. The van der Waals surface area contributed by atoms with Crippen molar-refractivity contribution >= 4 is 87.2 Å². The van der Waals surface area contributed by atoms with Gasteiger partial charge in [-0.15, -0.1) is 11.3 Å². The molecule has 1 aliphatic carbocycles. The number of hydrogen-bond donors (Lipinski definition) is 0. The van der Waals surface area contributed by atoms with E-state index < -0.39 is 0 Å². The summed E-state index contributed by atoms with van der Waals surface area (Å²) < 4.78 is 5.23. The molecular weight excluding hydrogens is 733 g/mol. The summed E-state index contributed by atoms with van der Waals surface area (Å²) in [7, 11) is 0. The van der Waals surface area contributed by atoms with Crippen LogP contribution in [-0.2, 0) is 0 Å². The van der Waals surface area contributed by atoms with Gasteiger partial charge in [0.05, 0.1) is 6.04 Å². The van der Waals surface area contributed by atoms with Gasteiger partial charge in [-0.1, -0.05) is 152 Å². The third-order valence-electron chi connectivity index (χ3n) is 12.3. The molecule has 2 nitrogen and oxygen atoms in total. The topological polar surface area (TPSA) is 8.17 Å². The Kier molecular flexibility index (Phi) is 7.89. The Bertz CT molecular complexity index is 3420. The Labute approximate surface area is 347 Å². The van der Waals surface area contributed by atoms with Crippen molar-refractivity contribution in [1.82, 2.24) is 4.57 Å². The van der Waals surface area contributed by atoms with Gasteiger partial charge in [0.1, 0.15) is 0 Å². The van der Waals surface area contributed by atoms with E-state index >= 15 is 0 Å². The largest absolute Gasteiger partial charge is 0.332 e. The first-order valence-corrected chi connectivity index (χ1v) is 21.3. The average Bonchev–Trinajstić information content (AvgIpc) is 3.85. The monoisotopic (exact) mass is 770 g/mol. The van der Waals surface area contributed by atoms with Crippen molar-refractivity contribution in [3.63, 3.8) is 0 Å². The Morgan fingerprint density at radius 1 is 0.458 bits per heavy atom. The van der Waals surface area contributed by atoms with E-state index in [1.165, 1.54) is 86.1 Å². The lowest BCUT2D eigenvalue weighted by Gasteiger charge is -2.26. The number of fused-ring (bicyclic) bond motifs is 8. The summed E-state index contributed by atoms with van der Waals surface area (Å²) in [4.78, 5) is 2.38. The molecule has 0 fully saturated rings. The maximum absolute atomic E-state index is 2.56. The van der Waals surface area contributed by atoms with Crippen molar-refractivity contribution in [1.29, 1.82) is 0 Å². The van der Waals surface area contributed by atoms with Gasteiger partial charge in [-0.25, -0.2) is 0 Å². The number of rotatable bonds is 6. The Hall–Kier alpha value is -7.20. The summed E-state index contributed by atoms with van der Waals surface area (Å²) >= 11 is 1.88. The summed E-state index contributed by atoms with van der Waals surface area (Å²) in [6.45, 7) is 0. The van der Waals surface area contributed by atoms with Crippen LogP contribution in [0.3, 0.4) is 0 Å². The molecule has 0 aliphatic heterocycles. The zero-order valence-corrected chi connectivity index (χ0v) is 33.1. The second-order valence-electron chi connectivity index (χ2n) is 15.6. The van der Waals surface area contributed by atoms with E-state index in [4.69, 9.17) is 0 Å². The summed E-state index contributed by atoms with van der Waals surface area (Å²) in [5.74, 6) is 0. The highest BCUT2D eigenvalue weighted by molar-refractivity contribution is 7.26. The predicted molar refractivity (Wildman–Crippen MR) is 254 cm³/mol. The number of para-hydroxylation sites is 1. The van der Waals surface area contributed by atoms with Crippen LogP contribution in [0.1, 0.15) is 23.6 Å². The summed E-state index contributed by atoms with van der Waals surface area (Å²) in [5, 5.41) is 7.69. The third kappa shape index (κ3) is 5.61. The number of nitrogens with zero attached hydrogens (tertiary/aromatic N) is 2. The number of benzene rings is 9. The standard InChI is InChI=1S/C56H38N2S/c1-2-13-41-35-45(33-25-37(41)11-1)57(44-31-26-40(27-32-44)47-18-10-19-50-49-17-6-8-22-55(49)59-56(47)50)43-29-23-38(24-30-43)42-28-34-54-51(36-42)48-16-5-7-20-53(48)58(54)52-21-9-14-39-12-3-4-15-46(39)52/h1-20,22-36,52H,21H2. The van der Waals surface area contributed by atoms with Gasteiger partial charge in [0.25, 0.3) is 0 Å². The molecule has 1 atom stereocenters. The fourth-order valence-electron chi connectivity index (χ4n) is 9.51. The van der Waals surface area contributed by atoms with Crippen molar-refractivity contribution in [3.8, 4) is 22.3 Å². The zero-order chi connectivity index (χ0) is 38.9. The Morgan fingerprint density at radius 3 is 1.98 bits per heavy atom. The van der Waals surface area contributed by atoms with Crippen LogP contribution in [0.15, 0.2) is 206 Å². The van der Waals surface area contributed by atoms with Crippen LogP contribution in [0.2, 0.25) is 0 Å². The smallest absolute Gasteiger partial charge is 0.0632 e. The molecule has 0 saturated heterocycles. The molecule has 0 amide bonds. The molecule has 9 aromatic carbocycles. The van der Waals surface area contributed by atoms with Gasteiger partial charge in [-0.2, -0.15) is 0 Å². The van der Waals surface area contributed by atoms with Gasteiger partial charge in [-0.3, -0.25) is 0 Å². The molecule has 0 radical (unpaired) electrons. The Balaban J connectivity index is 0.935. The van der Waals surface area contributed by atoms with Gasteiger partial charge < -0.3 is 9.47 Å². The first-order valence-electron chi connectivity index (χ1n) is 20.4. The van der Waals surface area contributed by atoms with E-state index in [1.807, 2.05) is 11.3 Å². The van der Waals surface area contributed by atoms with Crippen molar-refractivity contribution in [2.75, 3.05) is 4.90 Å². The summed E-state index contributed by atoms with van der Waals surface area (Å²) in [5.41, 5.74) is 13.5. The molecule has 2 heterocycles. The molecule has 1 aliphatic rings. The zero-order valence-electron chi connectivity index (χ0n) is 32.3. The first kappa shape index (κ1) is 33.9. The molecule has 2 aromatic heterocycles. The summed E-state index contributed by atoms with van der Waals surface area (Å²) in [6, 6.07) is 74.1. The van der Waals surface area contributed by atoms with E-state index in [2.05, 4.69) is 222 Å². The number of allylic oxidation sites excluding steroid dienone is 1. The van der Waals surface area contributed by atoms with Crippen LogP contribution in [0.4, 0.5) is 17.1 Å². The maximum atomic E-state index is 2.56. The Morgan fingerprint density at radius 2 is 1.12 bits per heavy atom. The minimum atomic E-state index is 0.253. The molecular formula is C56H38N2S. The van der Waals surface area contributed by atoms with Crippen LogP contribution in [-0.4, -0.2) is 4.57 Å². The van der Waals surface area contributed by atoms with Crippen molar-refractivity contribution in [2.24, 2.45) is 0 Å². The molecule has 11 aromatic rings. The highest BCUT2D eigenvalue weighted by Gasteiger charge is 2.23. The number of aromatic nitrogens is 1. The lowest BCUT2D eigenvalue weighted by molar-refractivity contribution is 0.625. The van der Waals surface area contributed by atoms with Crippen molar-refractivity contribution < 1.29 is 0 Å². The molecule has 59 heavy (non-hydrogen) atoms. The van der Waals surface area contributed by atoms with Crippen LogP contribution in [0.5, 0.6) is 0 Å². The minimum absolute atomic E-state index is 0.253. The van der Waals surface area contributed by atoms with Crippen LogP contribution < -0.4 is 4.90 Å². The fourth-order valence-corrected chi connectivity index (χ4v) is 10.7. The van der Waals surface area contributed by atoms with Crippen LogP contribution >= 0.6 is 11.3 Å². The quantitative estimate of drug-likeness (QED) is 0.163. The first-order chi connectivity index (χ1) is 29.2. The normalized spacial score (nSPS) is 13.8. The van der Waals surface area contributed by atoms with Gasteiger partial charge in [0, 0.05) is 59.0 Å². The van der Waals surface area contributed by atoms with Crippen molar-refractivity contribution in [2.45, 2.75) is 12.5 Å². The van der Waals surface area contributed by atoms with E-state index in [0.717, 1.165) is 23.5 Å². The molecule has 12 rings (SSSR count).